The zero-order chi connectivity index (χ0) is 21.0. The summed E-state index contributed by atoms with van der Waals surface area (Å²) >= 11 is 0. The molecule has 0 aromatic carbocycles. The van der Waals surface area contributed by atoms with E-state index in [0.717, 1.165) is 32.1 Å². The van der Waals surface area contributed by atoms with Crippen molar-refractivity contribution in [2.45, 2.75) is 89.8 Å². The number of hydrogen-bond acceptors (Lipinski definition) is 4. The summed E-state index contributed by atoms with van der Waals surface area (Å²) in [4.78, 5) is 23.5. The van der Waals surface area contributed by atoms with E-state index in [1.807, 2.05) is 0 Å². The first kappa shape index (κ1) is 20.0. The van der Waals surface area contributed by atoms with Gasteiger partial charge in [0.05, 0.1) is 11.2 Å². The molecule has 6 unspecified atom stereocenters. The van der Waals surface area contributed by atoms with Gasteiger partial charge in [0.1, 0.15) is 5.78 Å². The van der Waals surface area contributed by atoms with Crippen molar-refractivity contribution in [1.82, 2.24) is 0 Å². The van der Waals surface area contributed by atoms with Crippen molar-refractivity contribution in [1.29, 1.82) is 0 Å². The van der Waals surface area contributed by atoms with Crippen molar-refractivity contribution in [3.8, 4) is 0 Å². The first-order valence-corrected chi connectivity index (χ1v) is 11.7. The summed E-state index contributed by atoms with van der Waals surface area (Å²) in [6.45, 7) is 6.55. The fraction of sp³-hybridized carbons (Fsp3) is 0.917. The maximum atomic E-state index is 12.2. The van der Waals surface area contributed by atoms with Gasteiger partial charge in [-0.05, 0) is 79.4 Å². The Kier molecular flexibility index (Phi) is 4.03. The summed E-state index contributed by atoms with van der Waals surface area (Å²) in [5, 5.41) is 32.8. The molecule has 0 aromatic rings. The van der Waals surface area contributed by atoms with Crippen LogP contribution in [0, 0.1) is 46.3 Å². The minimum atomic E-state index is -0.928. The van der Waals surface area contributed by atoms with Crippen molar-refractivity contribution in [2.24, 2.45) is 46.3 Å². The monoisotopic (exact) mass is 404 g/mol. The van der Waals surface area contributed by atoms with Crippen LogP contribution in [-0.2, 0) is 9.59 Å². The molecule has 0 heterocycles. The maximum absolute atomic E-state index is 12.2. The van der Waals surface area contributed by atoms with E-state index in [1.165, 1.54) is 0 Å². The van der Waals surface area contributed by atoms with Crippen LogP contribution >= 0.6 is 0 Å². The van der Waals surface area contributed by atoms with Gasteiger partial charge in [0.2, 0.25) is 0 Å². The molecule has 5 saturated carbocycles. The molecule has 10 atom stereocenters. The topological polar surface area (TPSA) is 94.8 Å². The number of aliphatic hydroxyl groups is 2. The Bertz CT molecular complexity index is 764. The molecule has 0 saturated heterocycles. The summed E-state index contributed by atoms with van der Waals surface area (Å²) in [6.07, 6.45) is 5.86. The minimum Gasteiger partial charge on any atom is -0.481 e. The van der Waals surface area contributed by atoms with Crippen LogP contribution in [0.25, 0.3) is 0 Å². The molecule has 0 bridgehead atoms. The van der Waals surface area contributed by atoms with Crippen molar-refractivity contribution in [3.63, 3.8) is 0 Å². The Balaban J connectivity index is 1.51. The van der Waals surface area contributed by atoms with Crippen LogP contribution in [0.1, 0.15) is 78.6 Å². The smallest absolute Gasteiger partial charge is 0.303 e. The molecule has 3 N–H and O–H groups in total. The third-order valence-electron chi connectivity index (χ3n) is 11.0. The molecule has 0 spiro atoms. The highest BCUT2D eigenvalue weighted by Gasteiger charge is 2.76. The fourth-order valence-electron chi connectivity index (χ4n) is 9.26. The second kappa shape index (κ2) is 5.85. The van der Waals surface area contributed by atoms with Crippen LogP contribution in [0.15, 0.2) is 0 Å². The van der Waals surface area contributed by atoms with Gasteiger partial charge < -0.3 is 15.3 Å². The number of fused-ring (bicyclic) bond motifs is 8. The maximum Gasteiger partial charge on any atom is 0.303 e. The predicted molar refractivity (Wildman–Crippen MR) is 107 cm³/mol. The molecule has 29 heavy (non-hydrogen) atoms. The Hall–Kier alpha value is -0.940. The average molecular weight is 405 g/mol. The molecule has 5 aliphatic rings. The molecular weight excluding hydrogens is 368 g/mol. The highest BCUT2D eigenvalue weighted by atomic mass is 16.4. The number of rotatable bonds is 3. The van der Waals surface area contributed by atoms with E-state index in [1.54, 1.807) is 0 Å². The number of carbonyl (C=O) groups is 2. The van der Waals surface area contributed by atoms with E-state index in [-0.39, 0.29) is 34.9 Å². The summed E-state index contributed by atoms with van der Waals surface area (Å²) < 4.78 is 0. The molecule has 5 nitrogen and oxygen atoms in total. The van der Waals surface area contributed by atoms with Crippen LogP contribution in [0.4, 0.5) is 0 Å². The molecule has 0 radical (unpaired) electrons. The lowest BCUT2D eigenvalue weighted by Gasteiger charge is -2.63. The van der Waals surface area contributed by atoms with Crippen LogP contribution in [0.3, 0.4) is 0 Å². The van der Waals surface area contributed by atoms with Crippen LogP contribution in [0.2, 0.25) is 0 Å². The van der Waals surface area contributed by atoms with Crippen LogP contribution in [-0.4, -0.2) is 38.3 Å². The Morgan fingerprint density at radius 3 is 2.48 bits per heavy atom. The SMILES string of the molecule is CC1CC2C3C4CC4[C@]4(O)CC(=O)CC[C@]4(C)C3CC[C@]2(C)[C@]1(O)CCC(=O)O. The van der Waals surface area contributed by atoms with E-state index in [4.69, 9.17) is 0 Å². The standard InChI is InChI=1S/C24H36O5/c1-13-10-18-20-15-11-17(15)24(29)12-14(25)4-7-21(24,2)16(20)5-8-22(18,3)23(13,28)9-6-19(26)27/h13,15-18,20,28-29H,4-12H2,1-3H3,(H,26,27)/t13?,15?,16?,17?,18?,20?,21-,22+,23+,24-/m1/s1. The van der Waals surface area contributed by atoms with Gasteiger partial charge in [-0.3, -0.25) is 9.59 Å². The van der Waals surface area contributed by atoms with Gasteiger partial charge in [-0.15, -0.1) is 0 Å². The molecule has 5 rings (SSSR count). The Labute approximate surface area is 173 Å². The van der Waals surface area contributed by atoms with Gasteiger partial charge in [-0.25, -0.2) is 0 Å². The van der Waals surface area contributed by atoms with Crippen LogP contribution < -0.4 is 0 Å². The van der Waals surface area contributed by atoms with Gasteiger partial charge >= 0.3 is 5.97 Å². The summed E-state index contributed by atoms with van der Waals surface area (Å²) in [6, 6.07) is 0. The first-order valence-electron chi connectivity index (χ1n) is 11.7. The number of ketones is 1. The van der Waals surface area contributed by atoms with Gasteiger partial charge in [-0.2, -0.15) is 0 Å². The lowest BCUT2D eigenvalue weighted by Crippen LogP contribution is -2.64. The quantitative estimate of drug-likeness (QED) is 0.670. The number of carbonyl (C=O) groups excluding carboxylic acids is 1. The molecule has 0 aliphatic heterocycles. The summed E-state index contributed by atoms with van der Waals surface area (Å²) in [7, 11) is 0. The van der Waals surface area contributed by atoms with Gasteiger partial charge in [-0.1, -0.05) is 20.8 Å². The van der Waals surface area contributed by atoms with E-state index < -0.39 is 17.2 Å². The second-order valence-corrected chi connectivity index (χ2v) is 11.8. The lowest BCUT2D eigenvalue weighted by atomic mass is 9.43. The van der Waals surface area contributed by atoms with Crippen molar-refractivity contribution in [2.75, 3.05) is 0 Å². The fourth-order valence-corrected chi connectivity index (χ4v) is 9.26. The number of hydrogen-bond donors (Lipinski definition) is 3. The van der Waals surface area contributed by atoms with Gasteiger partial charge in [0.25, 0.3) is 0 Å². The highest BCUT2D eigenvalue weighted by Crippen LogP contribution is 2.77. The van der Waals surface area contributed by atoms with Gasteiger partial charge in [0.15, 0.2) is 0 Å². The van der Waals surface area contributed by atoms with Crippen molar-refractivity contribution in [3.05, 3.63) is 0 Å². The first-order chi connectivity index (χ1) is 13.5. The molecule has 0 amide bonds. The zero-order valence-electron chi connectivity index (χ0n) is 18.0. The number of aliphatic carboxylic acids is 1. The van der Waals surface area contributed by atoms with Crippen LogP contribution in [0.5, 0.6) is 0 Å². The minimum absolute atomic E-state index is 0.0167. The highest BCUT2D eigenvalue weighted by molar-refractivity contribution is 5.81. The number of carboxylic acid groups (broad SMARTS) is 1. The molecule has 5 fully saturated rings. The summed E-state index contributed by atoms with van der Waals surface area (Å²) in [5.74, 6) is 1.42. The number of Topliss-reactive ketones (excluding diaryl/α,β-unsaturated/α-hetero) is 1. The Morgan fingerprint density at radius 2 is 1.79 bits per heavy atom. The molecule has 5 aliphatic carbocycles. The number of carboxylic acids is 1. The van der Waals surface area contributed by atoms with Crippen molar-refractivity contribution < 1.29 is 24.9 Å². The predicted octanol–water partition coefficient (Wildman–Crippen LogP) is 3.41. The third kappa shape index (κ3) is 2.29. The molecule has 0 aromatic heterocycles. The van der Waals surface area contributed by atoms with Crippen molar-refractivity contribution >= 4 is 11.8 Å². The average Bonchev–Trinajstić information content (AvgIpc) is 3.41. The van der Waals surface area contributed by atoms with E-state index in [2.05, 4.69) is 20.8 Å². The van der Waals surface area contributed by atoms with E-state index >= 15 is 0 Å². The third-order valence-corrected chi connectivity index (χ3v) is 11.0. The van der Waals surface area contributed by atoms with E-state index in [9.17, 15) is 24.9 Å². The zero-order valence-corrected chi connectivity index (χ0v) is 18.0. The molecule has 162 valence electrons. The molecular formula is C24H36O5. The lowest BCUT2D eigenvalue weighted by molar-refractivity contribution is -0.219. The molecule has 5 heteroatoms. The largest absolute Gasteiger partial charge is 0.481 e. The summed E-state index contributed by atoms with van der Waals surface area (Å²) in [5.41, 5.74) is -2.24. The second-order valence-electron chi connectivity index (χ2n) is 11.8. The van der Waals surface area contributed by atoms with E-state index in [0.29, 0.717) is 42.9 Å². The Morgan fingerprint density at radius 1 is 1.07 bits per heavy atom. The van der Waals surface area contributed by atoms with Gasteiger partial charge in [0, 0.05) is 24.7 Å². The normalized spacial score (nSPS) is 58.0.